The molecular formula is C18H29N3O3S. The van der Waals surface area contributed by atoms with Crippen molar-refractivity contribution < 1.29 is 13.2 Å². The summed E-state index contributed by atoms with van der Waals surface area (Å²) in [6, 6.07) is 6.36. The second-order valence-electron chi connectivity index (χ2n) is 6.52. The van der Waals surface area contributed by atoms with E-state index in [2.05, 4.69) is 4.90 Å². The molecule has 0 spiro atoms. The van der Waals surface area contributed by atoms with Crippen molar-refractivity contribution in [2.24, 2.45) is 0 Å². The minimum Gasteiger partial charge on any atom is -0.339 e. The Balaban J connectivity index is 2.14. The first-order valence-electron chi connectivity index (χ1n) is 8.98. The lowest BCUT2D eigenvalue weighted by atomic mass is 10.2. The molecule has 0 N–H and O–H groups in total. The predicted octanol–water partition coefficient (Wildman–Crippen LogP) is 1.88. The first-order chi connectivity index (χ1) is 11.9. The van der Waals surface area contributed by atoms with E-state index in [1.54, 1.807) is 24.3 Å². The largest absolute Gasteiger partial charge is 0.339 e. The predicted molar refractivity (Wildman–Crippen MR) is 99.2 cm³/mol. The van der Waals surface area contributed by atoms with Crippen molar-refractivity contribution in [1.29, 1.82) is 0 Å². The number of rotatable bonds is 7. The number of carbonyl (C=O) groups excluding carboxylic acids is 1. The second kappa shape index (κ2) is 8.78. The van der Waals surface area contributed by atoms with E-state index in [-0.39, 0.29) is 10.8 Å². The Bertz CT molecular complexity index is 659. The van der Waals surface area contributed by atoms with Crippen LogP contribution in [0, 0.1) is 0 Å². The van der Waals surface area contributed by atoms with Gasteiger partial charge in [0.15, 0.2) is 0 Å². The molecule has 6 nitrogen and oxygen atoms in total. The lowest BCUT2D eigenvalue weighted by Crippen LogP contribution is -2.47. The number of hydrogen-bond donors (Lipinski definition) is 0. The van der Waals surface area contributed by atoms with Gasteiger partial charge in [-0.05, 0) is 44.2 Å². The van der Waals surface area contributed by atoms with Crippen LogP contribution in [-0.2, 0) is 10.0 Å². The normalized spacial score (nSPS) is 16.8. The fourth-order valence-electron chi connectivity index (χ4n) is 2.98. The van der Waals surface area contributed by atoms with E-state index in [1.165, 1.54) is 4.31 Å². The molecule has 0 radical (unpaired) electrons. The van der Waals surface area contributed by atoms with Gasteiger partial charge >= 0.3 is 0 Å². The molecule has 1 heterocycles. The molecule has 2 rings (SSSR count). The van der Waals surface area contributed by atoms with E-state index in [0.29, 0.717) is 31.7 Å². The fourth-order valence-corrected chi connectivity index (χ4v) is 4.41. The first-order valence-corrected chi connectivity index (χ1v) is 10.4. The van der Waals surface area contributed by atoms with Crippen LogP contribution in [0.2, 0.25) is 0 Å². The summed E-state index contributed by atoms with van der Waals surface area (Å²) in [5.41, 5.74) is 0.541. The molecule has 0 saturated carbocycles. The van der Waals surface area contributed by atoms with Gasteiger partial charge in [-0.1, -0.05) is 13.8 Å². The van der Waals surface area contributed by atoms with Crippen LogP contribution in [0.3, 0.4) is 0 Å². The Morgan fingerprint density at radius 2 is 1.52 bits per heavy atom. The minimum absolute atomic E-state index is 0.0350. The summed E-state index contributed by atoms with van der Waals surface area (Å²) in [5, 5.41) is 0. The molecule has 0 unspecified atom stereocenters. The van der Waals surface area contributed by atoms with E-state index in [9.17, 15) is 13.2 Å². The Hall–Kier alpha value is -1.44. The highest BCUT2D eigenvalue weighted by atomic mass is 32.2. The molecule has 1 saturated heterocycles. The van der Waals surface area contributed by atoms with Crippen molar-refractivity contribution in [2.45, 2.75) is 31.6 Å². The average molecular weight is 368 g/mol. The lowest BCUT2D eigenvalue weighted by Gasteiger charge is -2.31. The van der Waals surface area contributed by atoms with Crippen LogP contribution in [0.25, 0.3) is 0 Å². The second-order valence-corrected chi connectivity index (χ2v) is 8.46. The van der Waals surface area contributed by atoms with E-state index in [0.717, 1.165) is 25.9 Å². The Kier molecular flexibility index (Phi) is 6.98. The van der Waals surface area contributed by atoms with Gasteiger partial charge < -0.3 is 9.80 Å². The first kappa shape index (κ1) is 19.9. The smallest absolute Gasteiger partial charge is 0.253 e. The molecule has 1 aliphatic heterocycles. The lowest BCUT2D eigenvalue weighted by molar-refractivity contribution is 0.0755. The van der Waals surface area contributed by atoms with Crippen molar-refractivity contribution >= 4 is 15.9 Å². The summed E-state index contributed by atoms with van der Waals surface area (Å²) in [4.78, 5) is 16.8. The summed E-state index contributed by atoms with van der Waals surface area (Å²) in [6.07, 6.45) is 1.81. The summed E-state index contributed by atoms with van der Waals surface area (Å²) >= 11 is 0. The highest BCUT2D eigenvalue weighted by molar-refractivity contribution is 7.89. The van der Waals surface area contributed by atoms with Crippen LogP contribution >= 0.6 is 0 Å². The third-order valence-electron chi connectivity index (χ3n) is 4.48. The Morgan fingerprint density at radius 3 is 2.00 bits per heavy atom. The van der Waals surface area contributed by atoms with Crippen molar-refractivity contribution in [2.75, 3.05) is 46.3 Å². The van der Waals surface area contributed by atoms with Crippen LogP contribution in [0.4, 0.5) is 0 Å². The third-order valence-corrected chi connectivity index (χ3v) is 6.39. The van der Waals surface area contributed by atoms with Gasteiger partial charge in [0.1, 0.15) is 0 Å². The van der Waals surface area contributed by atoms with Crippen LogP contribution in [0.5, 0.6) is 0 Å². The van der Waals surface area contributed by atoms with E-state index >= 15 is 0 Å². The summed E-state index contributed by atoms with van der Waals surface area (Å²) in [6.45, 7) is 7.99. The van der Waals surface area contributed by atoms with E-state index < -0.39 is 10.0 Å². The van der Waals surface area contributed by atoms with Crippen molar-refractivity contribution in [3.63, 3.8) is 0 Å². The fraction of sp³-hybridized carbons (Fsp3) is 0.611. The minimum atomic E-state index is -3.49. The maximum atomic E-state index is 12.7. The quantitative estimate of drug-likeness (QED) is 0.738. The Labute approximate surface area is 151 Å². The molecule has 1 amide bonds. The van der Waals surface area contributed by atoms with Gasteiger partial charge in [0.25, 0.3) is 5.91 Å². The highest BCUT2D eigenvalue weighted by Crippen LogP contribution is 2.19. The molecule has 0 aliphatic carbocycles. The van der Waals surface area contributed by atoms with Gasteiger partial charge in [-0.2, -0.15) is 4.31 Å². The molecule has 1 aromatic rings. The van der Waals surface area contributed by atoms with Gasteiger partial charge in [0, 0.05) is 44.8 Å². The molecule has 0 bridgehead atoms. The Morgan fingerprint density at radius 1 is 1.00 bits per heavy atom. The molecule has 1 aromatic carbocycles. The zero-order valence-corrected chi connectivity index (χ0v) is 16.3. The highest BCUT2D eigenvalue weighted by Gasteiger charge is 2.27. The standard InChI is InChI=1S/C18H29N3O3S/c1-4-10-20(11-5-2)18(22)16-6-8-17(9-7-16)25(23,24)21-14-12-19(3)13-15-21/h6-9H,4-5,10-15H2,1-3H3. The zero-order chi connectivity index (χ0) is 18.4. The number of sulfonamides is 1. The molecule has 0 atom stereocenters. The van der Waals surface area contributed by atoms with Crippen molar-refractivity contribution in [1.82, 2.24) is 14.1 Å². The molecule has 1 fully saturated rings. The van der Waals surface area contributed by atoms with E-state index in [1.807, 2.05) is 25.8 Å². The maximum Gasteiger partial charge on any atom is 0.253 e. The average Bonchev–Trinajstić information content (AvgIpc) is 2.61. The van der Waals surface area contributed by atoms with Crippen LogP contribution in [-0.4, -0.2) is 74.7 Å². The number of piperazine rings is 1. The number of benzene rings is 1. The SMILES string of the molecule is CCCN(CCC)C(=O)c1ccc(S(=O)(=O)N2CCN(C)CC2)cc1. The monoisotopic (exact) mass is 367 g/mol. The van der Waals surface area contributed by atoms with Crippen molar-refractivity contribution in [3.05, 3.63) is 29.8 Å². The summed E-state index contributed by atoms with van der Waals surface area (Å²) in [5.74, 6) is -0.0350. The number of carbonyl (C=O) groups is 1. The van der Waals surface area contributed by atoms with Gasteiger partial charge in [0.2, 0.25) is 10.0 Å². The van der Waals surface area contributed by atoms with E-state index in [4.69, 9.17) is 0 Å². The van der Waals surface area contributed by atoms with Gasteiger partial charge in [0.05, 0.1) is 4.90 Å². The van der Waals surface area contributed by atoms with Crippen molar-refractivity contribution in [3.8, 4) is 0 Å². The zero-order valence-electron chi connectivity index (χ0n) is 15.4. The van der Waals surface area contributed by atoms with Crippen LogP contribution in [0.15, 0.2) is 29.2 Å². The summed E-state index contributed by atoms with van der Waals surface area (Å²) < 4.78 is 27.0. The van der Waals surface area contributed by atoms with Crippen LogP contribution in [0.1, 0.15) is 37.0 Å². The van der Waals surface area contributed by atoms with Gasteiger partial charge in [-0.15, -0.1) is 0 Å². The van der Waals surface area contributed by atoms with Crippen LogP contribution < -0.4 is 0 Å². The molecular weight excluding hydrogens is 338 g/mol. The molecule has 140 valence electrons. The molecule has 25 heavy (non-hydrogen) atoms. The summed E-state index contributed by atoms with van der Waals surface area (Å²) in [7, 11) is -1.50. The van der Waals surface area contributed by atoms with Gasteiger partial charge in [-0.25, -0.2) is 8.42 Å². The molecule has 7 heteroatoms. The molecule has 0 aromatic heterocycles. The maximum absolute atomic E-state index is 12.7. The number of nitrogens with zero attached hydrogens (tertiary/aromatic N) is 3. The number of amides is 1. The van der Waals surface area contributed by atoms with Gasteiger partial charge in [-0.3, -0.25) is 4.79 Å². The third kappa shape index (κ3) is 4.80. The molecule has 1 aliphatic rings. The number of likely N-dealkylation sites (N-methyl/N-ethyl adjacent to an activating group) is 1. The topological polar surface area (TPSA) is 60.9 Å². The number of hydrogen-bond acceptors (Lipinski definition) is 4.